The summed E-state index contributed by atoms with van der Waals surface area (Å²) in [6.07, 6.45) is 1.28. The van der Waals surface area contributed by atoms with Gasteiger partial charge in [0.05, 0.1) is 7.11 Å². The van der Waals surface area contributed by atoms with Crippen molar-refractivity contribution in [3.63, 3.8) is 0 Å². The minimum absolute atomic E-state index is 0.165. The number of rotatable bonds is 2. The summed E-state index contributed by atoms with van der Waals surface area (Å²) in [6.45, 7) is 1.87. The number of aromatic nitrogens is 2. The molecular formula is C12H10ClFN2O. The van der Waals surface area contributed by atoms with Gasteiger partial charge < -0.3 is 4.74 Å². The zero-order valence-electron chi connectivity index (χ0n) is 9.37. The summed E-state index contributed by atoms with van der Waals surface area (Å²) < 4.78 is 18.8. The third-order valence-corrected chi connectivity index (χ3v) is 2.61. The lowest BCUT2D eigenvalue weighted by Gasteiger charge is -2.09. The average molecular weight is 253 g/mol. The topological polar surface area (TPSA) is 35.0 Å². The first kappa shape index (κ1) is 11.8. The molecule has 0 spiro atoms. The zero-order chi connectivity index (χ0) is 12.4. The number of nitrogens with zero attached hydrogens (tertiary/aromatic N) is 2. The van der Waals surface area contributed by atoms with Crippen molar-refractivity contribution in [2.75, 3.05) is 7.11 Å². The smallest absolute Gasteiger partial charge is 0.182 e. The molecule has 3 nitrogen and oxygen atoms in total. The van der Waals surface area contributed by atoms with Crippen LogP contribution in [0.1, 0.15) is 5.56 Å². The minimum Gasteiger partial charge on any atom is -0.491 e. The summed E-state index contributed by atoms with van der Waals surface area (Å²) in [5.41, 5.74) is 1.64. The van der Waals surface area contributed by atoms with E-state index < -0.39 is 0 Å². The van der Waals surface area contributed by atoms with E-state index in [0.29, 0.717) is 11.3 Å². The van der Waals surface area contributed by atoms with Crippen molar-refractivity contribution < 1.29 is 9.13 Å². The van der Waals surface area contributed by atoms with Crippen LogP contribution in [-0.2, 0) is 0 Å². The lowest BCUT2D eigenvalue weighted by atomic mass is 10.1. The molecule has 0 aliphatic heterocycles. The van der Waals surface area contributed by atoms with Crippen molar-refractivity contribution in [1.29, 1.82) is 0 Å². The summed E-state index contributed by atoms with van der Waals surface area (Å²) >= 11 is 5.87. The molecule has 1 aromatic heterocycles. The van der Waals surface area contributed by atoms with Gasteiger partial charge in [0.25, 0.3) is 0 Å². The SMILES string of the molecule is COc1c(Cl)ncnc1-c1cc(C)ccc1F. The molecule has 5 heteroatoms. The van der Waals surface area contributed by atoms with Crippen LogP contribution >= 0.6 is 11.6 Å². The molecule has 0 unspecified atom stereocenters. The van der Waals surface area contributed by atoms with E-state index in [1.54, 1.807) is 12.1 Å². The van der Waals surface area contributed by atoms with Gasteiger partial charge in [-0.3, -0.25) is 0 Å². The molecule has 2 rings (SSSR count). The van der Waals surface area contributed by atoms with Gasteiger partial charge in [-0.05, 0) is 19.1 Å². The van der Waals surface area contributed by atoms with E-state index in [9.17, 15) is 4.39 Å². The highest BCUT2D eigenvalue weighted by atomic mass is 35.5. The van der Waals surface area contributed by atoms with Crippen LogP contribution < -0.4 is 4.74 Å². The Kier molecular flexibility index (Phi) is 3.24. The van der Waals surface area contributed by atoms with Crippen molar-refractivity contribution in [3.8, 4) is 17.0 Å². The van der Waals surface area contributed by atoms with Gasteiger partial charge in [0.15, 0.2) is 10.9 Å². The molecule has 0 bridgehead atoms. The van der Waals surface area contributed by atoms with Crippen molar-refractivity contribution in [2.45, 2.75) is 6.92 Å². The molecule has 0 atom stereocenters. The normalized spacial score (nSPS) is 10.4. The van der Waals surface area contributed by atoms with Gasteiger partial charge in [0.2, 0.25) is 0 Å². The van der Waals surface area contributed by atoms with Gasteiger partial charge in [0, 0.05) is 5.56 Å². The van der Waals surface area contributed by atoms with Crippen LogP contribution in [0.4, 0.5) is 4.39 Å². The fraction of sp³-hybridized carbons (Fsp3) is 0.167. The van der Waals surface area contributed by atoms with Gasteiger partial charge >= 0.3 is 0 Å². The van der Waals surface area contributed by atoms with E-state index in [0.717, 1.165) is 5.56 Å². The highest BCUT2D eigenvalue weighted by Crippen LogP contribution is 2.34. The number of hydrogen-bond donors (Lipinski definition) is 0. The summed E-state index contributed by atoms with van der Waals surface area (Å²) in [5.74, 6) is -0.0951. The molecular weight excluding hydrogens is 243 g/mol. The molecule has 0 amide bonds. The number of benzene rings is 1. The van der Waals surface area contributed by atoms with Crippen LogP contribution in [0.25, 0.3) is 11.3 Å². The Labute approximate surface area is 103 Å². The van der Waals surface area contributed by atoms with E-state index in [1.165, 1.54) is 19.5 Å². The summed E-state index contributed by atoms with van der Waals surface area (Å²) in [7, 11) is 1.45. The van der Waals surface area contributed by atoms with Crippen molar-refractivity contribution in [3.05, 3.63) is 41.1 Å². The second-order valence-corrected chi connectivity index (χ2v) is 3.89. The number of halogens is 2. The molecule has 0 saturated heterocycles. The molecule has 0 aliphatic rings. The maximum Gasteiger partial charge on any atom is 0.182 e. The van der Waals surface area contributed by atoms with E-state index in [-0.39, 0.29) is 16.7 Å². The predicted molar refractivity (Wildman–Crippen MR) is 63.7 cm³/mol. The maximum absolute atomic E-state index is 13.7. The fourth-order valence-electron chi connectivity index (χ4n) is 1.55. The van der Waals surface area contributed by atoms with Gasteiger partial charge in [-0.15, -0.1) is 0 Å². The lowest BCUT2D eigenvalue weighted by molar-refractivity contribution is 0.412. The maximum atomic E-state index is 13.7. The molecule has 0 aliphatic carbocycles. The second kappa shape index (κ2) is 4.67. The monoisotopic (exact) mass is 252 g/mol. The molecule has 1 aromatic carbocycles. The summed E-state index contributed by atoms with van der Waals surface area (Å²) in [5, 5.41) is 0.165. The predicted octanol–water partition coefficient (Wildman–Crippen LogP) is 3.25. The largest absolute Gasteiger partial charge is 0.491 e. The van der Waals surface area contributed by atoms with E-state index in [2.05, 4.69) is 9.97 Å². The first-order valence-electron chi connectivity index (χ1n) is 4.94. The number of aryl methyl sites for hydroxylation is 1. The van der Waals surface area contributed by atoms with E-state index in [4.69, 9.17) is 16.3 Å². The summed E-state index contributed by atoms with van der Waals surface area (Å²) in [6, 6.07) is 4.77. The van der Waals surface area contributed by atoms with Gasteiger partial charge in [-0.2, -0.15) is 0 Å². The first-order valence-corrected chi connectivity index (χ1v) is 5.32. The third kappa shape index (κ3) is 2.22. The van der Waals surface area contributed by atoms with Crippen molar-refractivity contribution in [2.24, 2.45) is 0 Å². The third-order valence-electron chi connectivity index (χ3n) is 2.34. The Morgan fingerprint density at radius 3 is 2.76 bits per heavy atom. The Morgan fingerprint density at radius 2 is 2.06 bits per heavy atom. The van der Waals surface area contributed by atoms with Crippen LogP contribution in [0.2, 0.25) is 5.15 Å². The molecule has 0 radical (unpaired) electrons. The van der Waals surface area contributed by atoms with Crippen LogP contribution in [0.5, 0.6) is 5.75 Å². The number of hydrogen-bond acceptors (Lipinski definition) is 3. The zero-order valence-corrected chi connectivity index (χ0v) is 10.1. The highest BCUT2D eigenvalue weighted by molar-refractivity contribution is 6.31. The molecule has 0 fully saturated rings. The van der Waals surface area contributed by atoms with Gasteiger partial charge in [-0.1, -0.05) is 23.2 Å². The summed E-state index contributed by atoms with van der Waals surface area (Å²) in [4.78, 5) is 7.82. The highest BCUT2D eigenvalue weighted by Gasteiger charge is 2.15. The van der Waals surface area contributed by atoms with Crippen LogP contribution in [0.3, 0.4) is 0 Å². The number of ether oxygens (including phenoxy) is 1. The van der Waals surface area contributed by atoms with E-state index >= 15 is 0 Å². The van der Waals surface area contributed by atoms with Crippen molar-refractivity contribution in [1.82, 2.24) is 9.97 Å². The van der Waals surface area contributed by atoms with Crippen LogP contribution in [0.15, 0.2) is 24.5 Å². The minimum atomic E-state index is -0.372. The molecule has 88 valence electrons. The standard InChI is InChI=1S/C12H10ClFN2O/c1-7-3-4-9(14)8(5-7)10-11(17-2)12(13)16-6-15-10/h3-6H,1-2H3. The van der Waals surface area contributed by atoms with Gasteiger partial charge in [-0.25, -0.2) is 14.4 Å². The fourth-order valence-corrected chi connectivity index (χ4v) is 1.76. The molecule has 0 N–H and O–H groups in total. The Morgan fingerprint density at radius 1 is 1.29 bits per heavy atom. The Bertz CT molecular complexity index is 560. The number of methoxy groups -OCH3 is 1. The molecule has 17 heavy (non-hydrogen) atoms. The van der Waals surface area contributed by atoms with Crippen LogP contribution in [0, 0.1) is 12.7 Å². The average Bonchev–Trinajstić information content (AvgIpc) is 2.32. The second-order valence-electron chi connectivity index (χ2n) is 3.53. The molecule has 2 aromatic rings. The Hall–Kier alpha value is -1.68. The van der Waals surface area contributed by atoms with E-state index in [1.807, 2.05) is 6.92 Å². The van der Waals surface area contributed by atoms with Gasteiger partial charge in [0.1, 0.15) is 17.8 Å². The first-order chi connectivity index (χ1) is 8.13. The Balaban J connectivity index is 2.68. The molecule has 0 saturated carbocycles. The lowest BCUT2D eigenvalue weighted by Crippen LogP contribution is -1.96. The van der Waals surface area contributed by atoms with Crippen molar-refractivity contribution >= 4 is 11.6 Å². The van der Waals surface area contributed by atoms with Crippen LogP contribution in [-0.4, -0.2) is 17.1 Å². The molecule has 1 heterocycles. The quantitative estimate of drug-likeness (QED) is 0.770.